The third-order valence-corrected chi connectivity index (χ3v) is 4.14. The van der Waals surface area contributed by atoms with Gasteiger partial charge in [0, 0.05) is 6.04 Å². The van der Waals surface area contributed by atoms with E-state index in [1.165, 1.54) is 11.3 Å². The van der Waals surface area contributed by atoms with E-state index >= 15 is 0 Å². The largest absolute Gasteiger partial charge is 0.468 e. The molecule has 0 amide bonds. The van der Waals surface area contributed by atoms with Crippen molar-refractivity contribution in [3.05, 3.63) is 44.5 Å². The fourth-order valence-corrected chi connectivity index (χ4v) is 3.38. The zero-order chi connectivity index (χ0) is 12.4. The summed E-state index contributed by atoms with van der Waals surface area (Å²) in [6, 6.07) is 6.00. The fourth-order valence-electron chi connectivity index (χ4n) is 1.73. The number of halogens is 2. The Morgan fingerprint density at radius 2 is 2.06 bits per heavy atom. The van der Waals surface area contributed by atoms with Gasteiger partial charge in [-0.3, -0.25) is 0 Å². The second-order valence-electron chi connectivity index (χ2n) is 3.91. The average molecular weight is 290 g/mol. The van der Waals surface area contributed by atoms with Gasteiger partial charge in [-0.2, -0.15) is 0 Å². The molecule has 2 nitrogen and oxygen atoms in total. The molecule has 2 unspecified atom stereocenters. The van der Waals surface area contributed by atoms with E-state index in [9.17, 15) is 0 Å². The Hall–Kier alpha value is -0.480. The molecule has 2 aromatic rings. The van der Waals surface area contributed by atoms with Crippen molar-refractivity contribution in [2.75, 3.05) is 0 Å². The number of thiophene rings is 1. The molecule has 5 heteroatoms. The topological polar surface area (TPSA) is 25.2 Å². The molecule has 0 aliphatic rings. The third kappa shape index (κ3) is 3.05. The minimum absolute atomic E-state index is 0.131. The number of hydrogen-bond donors (Lipinski definition) is 1. The summed E-state index contributed by atoms with van der Waals surface area (Å²) in [4.78, 5) is 0. The van der Waals surface area contributed by atoms with Gasteiger partial charge in [-0.25, -0.2) is 0 Å². The van der Waals surface area contributed by atoms with Gasteiger partial charge in [0.2, 0.25) is 0 Å². The van der Waals surface area contributed by atoms with Crippen LogP contribution in [0.1, 0.15) is 37.3 Å². The first kappa shape index (κ1) is 13.0. The van der Waals surface area contributed by atoms with E-state index in [1.807, 2.05) is 18.2 Å². The molecule has 17 heavy (non-hydrogen) atoms. The lowest BCUT2D eigenvalue weighted by atomic mass is 10.1. The van der Waals surface area contributed by atoms with Gasteiger partial charge in [-0.05, 0) is 37.6 Å². The van der Waals surface area contributed by atoms with Gasteiger partial charge in [0.05, 0.1) is 21.0 Å². The quantitative estimate of drug-likeness (QED) is 0.851. The van der Waals surface area contributed by atoms with Crippen molar-refractivity contribution in [2.45, 2.75) is 25.9 Å². The SMILES string of the molecule is CC(NC(C)c1cc(Cl)sc1Cl)c1ccco1. The first-order valence-electron chi connectivity index (χ1n) is 5.32. The van der Waals surface area contributed by atoms with E-state index in [-0.39, 0.29) is 12.1 Å². The maximum Gasteiger partial charge on any atom is 0.120 e. The predicted molar refractivity (Wildman–Crippen MR) is 73.0 cm³/mol. The molecule has 2 atom stereocenters. The van der Waals surface area contributed by atoms with Crippen LogP contribution in [-0.4, -0.2) is 0 Å². The molecule has 2 aromatic heterocycles. The van der Waals surface area contributed by atoms with Crippen molar-refractivity contribution in [1.82, 2.24) is 5.32 Å². The minimum Gasteiger partial charge on any atom is -0.468 e. The van der Waals surface area contributed by atoms with Crippen molar-refractivity contribution < 1.29 is 4.42 Å². The smallest absolute Gasteiger partial charge is 0.120 e. The maximum absolute atomic E-state index is 6.12. The van der Waals surface area contributed by atoms with E-state index in [1.54, 1.807) is 6.26 Å². The zero-order valence-corrected chi connectivity index (χ0v) is 11.9. The minimum atomic E-state index is 0.131. The van der Waals surface area contributed by atoms with Crippen LogP contribution in [0.3, 0.4) is 0 Å². The lowest BCUT2D eigenvalue weighted by Crippen LogP contribution is -2.21. The Bertz CT molecular complexity index is 481. The molecule has 0 radical (unpaired) electrons. The lowest BCUT2D eigenvalue weighted by molar-refractivity contribution is 0.403. The molecule has 1 N–H and O–H groups in total. The molecule has 0 saturated heterocycles. The summed E-state index contributed by atoms with van der Waals surface area (Å²) in [5, 5.41) is 3.42. The highest BCUT2D eigenvalue weighted by atomic mass is 35.5. The number of furan rings is 1. The van der Waals surface area contributed by atoms with Gasteiger partial charge in [0.25, 0.3) is 0 Å². The average Bonchev–Trinajstić information content (AvgIpc) is 2.87. The van der Waals surface area contributed by atoms with Crippen molar-refractivity contribution in [3.63, 3.8) is 0 Å². The van der Waals surface area contributed by atoms with Crippen LogP contribution in [0.5, 0.6) is 0 Å². The summed E-state index contributed by atoms with van der Waals surface area (Å²) < 4.78 is 6.80. The molecule has 0 aromatic carbocycles. The van der Waals surface area contributed by atoms with Crippen molar-refractivity contribution >= 4 is 34.5 Å². The highest BCUT2D eigenvalue weighted by molar-refractivity contribution is 7.20. The molecule has 0 aliphatic carbocycles. The van der Waals surface area contributed by atoms with Gasteiger partial charge in [0.1, 0.15) is 5.76 Å². The highest BCUT2D eigenvalue weighted by Gasteiger charge is 2.17. The van der Waals surface area contributed by atoms with E-state index in [0.717, 1.165) is 15.7 Å². The van der Waals surface area contributed by atoms with Gasteiger partial charge in [-0.1, -0.05) is 23.2 Å². The zero-order valence-electron chi connectivity index (χ0n) is 9.54. The Balaban J connectivity index is 2.06. The molecule has 0 bridgehead atoms. The normalized spacial score (nSPS) is 14.8. The lowest BCUT2D eigenvalue weighted by Gasteiger charge is -2.18. The fraction of sp³-hybridized carbons (Fsp3) is 0.333. The summed E-state index contributed by atoms with van der Waals surface area (Å²) in [5.74, 6) is 0.911. The van der Waals surface area contributed by atoms with E-state index < -0.39 is 0 Å². The van der Waals surface area contributed by atoms with Gasteiger partial charge in [0.15, 0.2) is 0 Å². The third-order valence-electron chi connectivity index (χ3n) is 2.62. The van der Waals surface area contributed by atoms with Gasteiger partial charge < -0.3 is 9.73 Å². The highest BCUT2D eigenvalue weighted by Crippen LogP contribution is 2.35. The van der Waals surface area contributed by atoms with E-state index in [4.69, 9.17) is 27.6 Å². The van der Waals surface area contributed by atoms with Crippen LogP contribution >= 0.6 is 34.5 Å². The second-order valence-corrected chi connectivity index (χ2v) is 6.19. The van der Waals surface area contributed by atoms with E-state index in [2.05, 4.69) is 19.2 Å². The van der Waals surface area contributed by atoms with Crippen LogP contribution < -0.4 is 5.32 Å². The number of hydrogen-bond acceptors (Lipinski definition) is 3. The van der Waals surface area contributed by atoms with Crippen molar-refractivity contribution in [1.29, 1.82) is 0 Å². The monoisotopic (exact) mass is 289 g/mol. The Kier molecular flexibility index (Phi) is 4.15. The molecular formula is C12H13Cl2NOS. The first-order valence-corrected chi connectivity index (χ1v) is 6.89. The molecule has 0 aliphatic heterocycles. The molecule has 0 spiro atoms. The molecule has 2 rings (SSSR count). The Morgan fingerprint density at radius 1 is 1.29 bits per heavy atom. The summed E-state index contributed by atoms with van der Waals surface area (Å²) in [6.07, 6.45) is 1.67. The molecule has 2 heterocycles. The van der Waals surface area contributed by atoms with Crippen molar-refractivity contribution in [2.24, 2.45) is 0 Å². The molecule has 0 fully saturated rings. The van der Waals surface area contributed by atoms with Crippen molar-refractivity contribution in [3.8, 4) is 0 Å². The summed E-state index contributed by atoms with van der Waals surface area (Å²) in [5.41, 5.74) is 1.03. The second kappa shape index (κ2) is 5.44. The first-order chi connectivity index (χ1) is 8.08. The van der Waals surface area contributed by atoms with E-state index in [0.29, 0.717) is 4.34 Å². The Labute approximate surface area is 115 Å². The maximum atomic E-state index is 6.12. The summed E-state index contributed by atoms with van der Waals surface area (Å²) in [6.45, 7) is 4.11. The summed E-state index contributed by atoms with van der Waals surface area (Å²) >= 11 is 13.4. The predicted octanol–water partition coefficient (Wildman–Crippen LogP) is 5.06. The van der Waals surface area contributed by atoms with Crippen LogP contribution in [0.25, 0.3) is 0 Å². The van der Waals surface area contributed by atoms with Crippen LogP contribution in [0.4, 0.5) is 0 Å². The summed E-state index contributed by atoms with van der Waals surface area (Å²) in [7, 11) is 0. The van der Waals surface area contributed by atoms with Crippen LogP contribution in [0.15, 0.2) is 28.9 Å². The molecule has 92 valence electrons. The number of rotatable bonds is 4. The van der Waals surface area contributed by atoms with Crippen LogP contribution in [0.2, 0.25) is 8.67 Å². The van der Waals surface area contributed by atoms with Crippen LogP contribution in [0, 0.1) is 0 Å². The van der Waals surface area contributed by atoms with Gasteiger partial charge >= 0.3 is 0 Å². The molecule has 0 saturated carbocycles. The number of nitrogens with one attached hydrogen (secondary N) is 1. The van der Waals surface area contributed by atoms with Gasteiger partial charge in [-0.15, -0.1) is 11.3 Å². The standard InChI is InChI=1S/C12H13Cl2NOS/c1-7(9-6-11(13)17-12(9)14)15-8(2)10-4-3-5-16-10/h3-8,15H,1-2H3. The molecular weight excluding hydrogens is 277 g/mol. The Morgan fingerprint density at radius 3 is 2.59 bits per heavy atom. The van der Waals surface area contributed by atoms with Crippen LogP contribution in [-0.2, 0) is 0 Å².